The minimum atomic E-state index is -1.45. The van der Waals surface area contributed by atoms with Gasteiger partial charge in [-0.15, -0.1) is 0 Å². The van der Waals surface area contributed by atoms with E-state index in [9.17, 15) is 48.3 Å². The van der Waals surface area contributed by atoms with Gasteiger partial charge in [0, 0.05) is 32.7 Å². The van der Waals surface area contributed by atoms with E-state index in [0.29, 0.717) is 23.3 Å². The Bertz CT molecular complexity index is 1780. The normalized spacial score (nSPS) is 13.3. The van der Waals surface area contributed by atoms with Crippen molar-refractivity contribution in [3.63, 3.8) is 0 Å². The van der Waals surface area contributed by atoms with Crippen LogP contribution >= 0.6 is 11.8 Å². The van der Waals surface area contributed by atoms with Crippen LogP contribution in [0.25, 0.3) is 0 Å². The van der Waals surface area contributed by atoms with Gasteiger partial charge in [0.1, 0.15) is 30.2 Å². The van der Waals surface area contributed by atoms with Crippen LogP contribution in [0.3, 0.4) is 0 Å². The molecular formula is C41H57N7O11S. The topological polar surface area (TPSA) is 283 Å². The molecule has 2 rings (SSSR count). The van der Waals surface area contributed by atoms with Crippen LogP contribution in [-0.4, -0.2) is 124 Å². The number of thioether (sulfide) groups is 1. The van der Waals surface area contributed by atoms with Gasteiger partial charge in [0.05, 0.1) is 13.0 Å². The first kappa shape index (κ1) is 50.2. The molecule has 0 fully saturated rings. The maximum atomic E-state index is 14.4. The predicted molar refractivity (Wildman–Crippen MR) is 223 cm³/mol. The quantitative estimate of drug-likeness (QED) is 0.0605. The van der Waals surface area contributed by atoms with Crippen LogP contribution in [0, 0.1) is 5.92 Å². The lowest BCUT2D eigenvalue weighted by Crippen LogP contribution is -2.59. The molecule has 0 unspecified atom stereocenters. The number of carboxylic acid groups (broad SMARTS) is 2. The van der Waals surface area contributed by atoms with Crippen LogP contribution < -0.4 is 32.3 Å². The average molecular weight is 856 g/mol. The Morgan fingerprint density at radius 1 is 0.650 bits per heavy atom. The van der Waals surface area contributed by atoms with Crippen molar-refractivity contribution >= 4 is 65.1 Å². The summed E-state index contributed by atoms with van der Waals surface area (Å²) in [5.41, 5.74) is 6.76. The van der Waals surface area contributed by atoms with Crippen molar-refractivity contribution in [3.05, 3.63) is 71.8 Å². The minimum absolute atomic E-state index is 0.0215. The van der Waals surface area contributed by atoms with Gasteiger partial charge in [-0.1, -0.05) is 74.5 Å². The first-order valence-corrected chi connectivity index (χ1v) is 20.8. The second kappa shape index (κ2) is 26.2. The molecule has 0 spiro atoms. The number of nitrogens with one attached hydrogen (secondary N) is 5. The predicted octanol–water partition coefficient (Wildman–Crippen LogP) is 0.368. The monoisotopic (exact) mass is 855 g/mol. The van der Waals surface area contributed by atoms with E-state index in [1.807, 2.05) is 20.1 Å². The van der Waals surface area contributed by atoms with Crippen molar-refractivity contribution in [2.24, 2.45) is 11.7 Å². The maximum Gasteiger partial charge on any atom is 0.303 e. The number of carboxylic acids is 2. The Hall–Kier alpha value is -5.98. The second-order valence-corrected chi connectivity index (χ2v) is 15.5. The van der Waals surface area contributed by atoms with Gasteiger partial charge in [-0.25, -0.2) is 0 Å². The standard InChI is InChI=1S/C41H57N7O11S/c1-25(2)21-30(39(57)46-28(37(42)55)19-20-60-4)45-34(50)24-43-40(58)32(23-27-13-9-6-10-14-27)48(3)41(59)31(22-26-11-7-5-8-12-26)47-38(56)29(15-17-35(51)52)44-33(49)16-18-36(53)54/h5-14,25,28-32H,15-24H2,1-4H3,(H2,42,55)(H,43,58)(H,44,49)(H,45,50)(H,46,57)(H,47,56)(H,51,52)(H,53,54)/t28-,29-,30-,31-,32-/m0/s1. The molecule has 0 aliphatic rings. The Kier molecular flexibility index (Phi) is 21.9. The zero-order valence-electron chi connectivity index (χ0n) is 34.3. The van der Waals surface area contributed by atoms with Crippen LogP contribution in [0.4, 0.5) is 0 Å². The van der Waals surface area contributed by atoms with Gasteiger partial charge in [-0.3, -0.25) is 43.2 Å². The lowest BCUT2D eigenvalue weighted by molar-refractivity contribution is -0.142. The Morgan fingerprint density at radius 3 is 1.72 bits per heavy atom. The number of nitrogens with two attached hydrogens (primary N) is 1. The van der Waals surface area contributed by atoms with Crippen LogP contribution in [0.2, 0.25) is 0 Å². The van der Waals surface area contributed by atoms with E-state index < -0.39 is 109 Å². The number of rotatable bonds is 27. The second-order valence-electron chi connectivity index (χ2n) is 14.6. The molecule has 0 saturated carbocycles. The van der Waals surface area contributed by atoms with Crippen LogP contribution in [0.1, 0.15) is 63.5 Å². The van der Waals surface area contributed by atoms with E-state index in [0.717, 1.165) is 4.90 Å². The fraction of sp³-hybridized carbons (Fsp3) is 0.488. The summed E-state index contributed by atoms with van der Waals surface area (Å²) in [7, 11) is 1.35. The molecule has 0 heterocycles. The summed E-state index contributed by atoms with van der Waals surface area (Å²) in [6.07, 6.45) is 0.340. The van der Waals surface area contributed by atoms with E-state index >= 15 is 0 Å². The molecule has 0 aliphatic carbocycles. The number of carbonyl (C=O) groups excluding carboxylic acids is 7. The molecular weight excluding hydrogens is 799 g/mol. The number of hydrogen-bond acceptors (Lipinski definition) is 10. The number of aliphatic carboxylic acids is 2. The highest BCUT2D eigenvalue weighted by Crippen LogP contribution is 2.14. The first-order chi connectivity index (χ1) is 28.4. The van der Waals surface area contributed by atoms with Gasteiger partial charge < -0.3 is 47.4 Å². The van der Waals surface area contributed by atoms with Crippen molar-refractivity contribution in [1.29, 1.82) is 0 Å². The molecule has 19 heteroatoms. The average Bonchev–Trinajstić information content (AvgIpc) is 3.20. The highest BCUT2D eigenvalue weighted by Gasteiger charge is 2.35. The Labute approximate surface area is 353 Å². The minimum Gasteiger partial charge on any atom is -0.481 e. The Balaban J connectivity index is 2.37. The SMILES string of the molecule is CSCC[C@H](NC(=O)[C@H](CC(C)C)NC(=O)CNC(=O)[C@H](Cc1ccccc1)N(C)C(=O)[C@H](Cc1ccccc1)NC(=O)[C@H](CCC(=O)O)NC(=O)CCC(=O)O)C(N)=O. The summed E-state index contributed by atoms with van der Waals surface area (Å²) < 4.78 is 0. The smallest absolute Gasteiger partial charge is 0.303 e. The highest BCUT2D eigenvalue weighted by atomic mass is 32.2. The van der Waals surface area contributed by atoms with Gasteiger partial charge in [0.15, 0.2) is 0 Å². The summed E-state index contributed by atoms with van der Waals surface area (Å²) in [5.74, 6) is -7.25. The first-order valence-electron chi connectivity index (χ1n) is 19.4. The van der Waals surface area contributed by atoms with Gasteiger partial charge in [0.2, 0.25) is 41.4 Å². The largest absolute Gasteiger partial charge is 0.481 e. The molecule has 2 aromatic rings. The van der Waals surface area contributed by atoms with E-state index in [-0.39, 0.29) is 31.6 Å². The van der Waals surface area contributed by atoms with E-state index in [1.165, 1.54) is 18.8 Å². The fourth-order valence-electron chi connectivity index (χ4n) is 6.02. The lowest BCUT2D eigenvalue weighted by Gasteiger charge is -2.32. The number of hydrogen-bond donors (Lipinski definition) is 8. The maximum absolute atomic E-state index is 14.4. The zero-order chi connectivity index (χ0) is 44.8. The van der Waals surface area contributed by atoms with Crippen LogP contribution in [0.5, 0.6) is 0 Å². The molecule has 2 aromatic carbocycles. The molecule has 0 aromatic heterocycles. The van der Waals surface area contributed by atoms with Gasteiger partial charge >= 0.3 is 11.9 Å². The van der Waals surface area contributed by atoms with Crippen LogP contribution in [-0.2, 0) is 56.0 Å². The summed E-state index contributed by atoms with van der Waals surface area (Å²) >= 11 is 1.47. The van der Waals surface area contributed by atoms with E-state index in [1.54, 1.807) is 60.7 Å². The Morgan fingerprint density at radius 2 is 1.18 bits per heavy atom. The highest BCUT2D eigenvalue weighted by molar-refractivity contribution is 7.98. The van der Waals surface area contributed by atoms with Crippen molar-refractivity contribution in [3.8, 4) is 0 Å². The molecule has 60 heavy (non-hydrogen) atoms. The lowest BCUT2D eigenvalue weighted by atomic mass is 10.00. The summed E-state index contributed by atoms with van der Waals surface area (Å²) in [6.45, 7) is 3.10. The third-order valence-electron chi connectivity index (χ3n) is 9.20. The molecule has 0 bridgehead atoms. The number of benzene rings is 2. The summed E-state index contributed by atoms with van der Waals surface area (Å²) in [4.78, 5) is 117. The molecule has 0 saturated heterocycles. The fourth-order valence-corrected chi connectivity index (χ4v) is 6.49. The molecule has 18 nitrogen and oxygen atoms in total. The van der Waals surface area contributed by atoms with Crippen LogP contribution in [0.15, 0.2) is 60.7 Å². The van der Waals surface area contributed by atoms with Crippen molar-refractivity contribution in [2.45, 2.75) is 95.4 Å². The van der Waals surface area contributed by atoms with Crippen molar-refractivity contribution in [1.82, 2.24) is 31.5 Å². The molecule has 9 N–H and O–H groups in total. The molecule has 0 radical (unpaired) electrons. The van der Waals surface area contributed by atoms with E-state index in [2.05, 4.69) is 26.6 Å². The zero-order valence-corrected chi connectivity index (χ0v) is 35.1. The van der Waals surface area contributed by atoms with Gasteiger partial charge in [0.25, 0.3) is 0 Å². The molecule has 7 amide bonds. The molecule has 328 valence electrons. The number of amides is 7. The number of carbonyl (C=O) groups is 9. The summed E-state index contributed by atoms with van der Waals surface area (Å²) in [6, 6.07) is 11.3. The third kappa shape index (κ3) is 18.7. The number of likely N-dealkylation sites (N-methyl/N-ethyl adjacent to an activating group) is 1. The van der Waals surface area contributed by atoms with Gasteiger partial charge in [-0.2, -0.15) is 11.8 Å². The third-order valence-corrected chi connectivity index (χ3v) is 9.85. The summed E-state index contributed by atoms with van der Waals surface area (Å²) in [5, 5.41) is 31.0. The number of primary amides is 1. The number of nitrogens with zero attached hydrogens (tertiary/aromatic N) is 1. The van der Waals surface area contributed by atoms with Crippen molar-refractivity contribution < 1.29 is 53.4 Å². The molecule has 0 aliphatic heterocycles. The van der Waals surface area contributed by atoms with Crippen molar-refractivity contribution in [2.75, 3.05) is 25.6 Å². The molecule has 5 atom stereocenters. The van der Waals surface area contributed by atoms with Gasteiger partial charge in [-0.05, 0) is 48.3 Å². The van der Waals surface area contributed by atoms with E-state index in [4.69, 9.17) is 10.8 Å².